The predicted octanol–water partition coefficient (Wildman–Crippen LogP) is 0.688. The van der Waals surface area contributed by atoms with Crippen molar-refractivity contribution < 1.29 is 13.5 Å². The molecule has 17 heavy (non-hydrogen) atoms. The fourth-order valence-corrected chi connectivity index (χ4v) is 4.04. The lowest BCUT2D eigenvalue weighted by molar-refractivity contribution is 0.280. The largest absolute Gasteiger partial charge is 0.392 e. The standard InChI is InChI=1S/C11H18N2O3S/c1-2-3-11-9(7-14)6-12-13(11)10-4-5-17(15,16)8-10/h6,10,14H,2-5,7-8H2,1H3. The van der Waals surface area contributed by atoms with Crippen LogP contribution in [0.5, 0.6) is 0 Å². The van der Waals surface area contributed by atoms with E-state index >= 15 is 0 Å². The van der Waals surface area contributed by atoms with Gasteiger partial charge < -0.3 is 5.11 Å². The molecule has 0 aromatic carbocycles. The normalized spacial score (nSPS) is 23.1. The molecule has 5 nitrogen and oxygen atoms in total. The van der Waals surface area contributed by atoms with Crippen LogP contribution in [0.1, 0.15) is 37.1 Å². The Morgan fingerprint density at radius 1 is 1.59 bits per heavy atom. The van der Waals surface area contributed by atoms with Crippen LogP contribution in [0.4, 0.5) is 0 Å². The van der Waals surface area contributed by atoms with Crippen molar-refractivity contribution in [1.82, 2.24) is 9.78 Å². The molecule has 1 aromatic rings. The van der Waals surface area contributed by atoms with Gasteiger partial charge in [-0.3, -0.25) is 4.68 Å². The molecule has 0 spiro atoms. The predicted molar refractivity (Wildman–Crippen MR) is 64.5 cm³/mol. The van der Waals surface area contributed by atoms with E-state index in [1.165, 1.54) is 0 Å². The van der Waals surface area contributed by atoms with Crippen molar-refractivity contribution in [3.63, 3.8) is 0 Å². The van der Waals surface area contributed by atoms with E-state index in [0.29, 0.717) is 6.42 Å². The minimum absolute atomic E-state index is 0.0329. The lowest BCUT2D eigenvalue weighted by Crippen LogP contribution is -2.15. The van der Waals surface area contributed by atoms with Gasteiger partial charge in [0.15, 0.2) is 9.84 Å². The van der Waals surface area contributed by atoms with Gasteiger partial charge in [-0.1, -0.05) is 13.3 Å². The van der Waals surface area contributed by atoms with E-state index in [1.807, 2.05) is 0 Å². The second-order valence-electron chi connectivity index (χ2n) is 4.53. The average molecular weight is 258 g/mol. The van der Waals surface area contributed by atoms with Crippen LogP contribution in [-0.2, 0) is 22.9 Å². The van der Waals surface area contributed by atoms with Crippen molar-refractivity contribution in [2.45, 2.75) is 38.8 Å². The second kappa shape index (κ2) is 4.78. The van der Waals surface area contributed by atoms with E-state index in [-0.39, 0.29) is 24.2 Å². The van der Waals surface area contributed by atoms with Crippen molar-refractivity contribution in [2.24, 2.45) is 0 Å². The minimum atomic E-state index is -2.90. The number of nitrogens with zero attached hydrogens (tertiary/aromatic N) is 2. The van der Waals surface area contributed by atoms with E-state index in [4.69, 9.17) is 0 Å². The Kier molecular flexibility index (Phi) is 3.53. The van der Waals surface area contributed by atoms with Crippen LogP contribution in [0, 0.1) is 0 Å². The Bertz CT molecular complexity index is 493. The van der Waals surface area contributed by atoms with Gasteiger partial charge in [-0.2, -0.15) is 5.10 Å². The number of hydrogen-bond acceptors (Lipinski definition) is 4. The number of sulfone groups is 1. The van der Waals surface area contributed by atoms with E-state index in [9.17, 15) is 13.5 Å². The van der Waals surface area contributed by atoms with Crippen LogP contribution in [0.15, 0.2) is 6.20 Å². The highest BCUT2D eigenvalue weighted by Gasteiger charge is 2.31. The Morgan fingerprint density at radius 2 is 2.35 bits per heavy atom. The smallest absolute Gasteiger partial charge is 0.152 e. The summed E-state index contributed by atoms with van der Waals surface area (Å²) in [5, 5.41) is 13.5. The Balaban J connectivity index is 2.29. The third-order valence-corrected chi connectivity index (χ3v) is 4.95. The van der Waals surface area contributed by atoms with Gasteiger partial charge in [-0.05, 0) is 12.8 Å². The maximum absolute atomic E-state index is 11.5. The SMILES string of the molecule is CCCc1c(CO)cnn1C1CCS(=O)(=O)C1. The molecule has 6 heteroatoms. The van der Waals surface area contributed by atoms with Crippen LogP contribution in [0.25, 0.3) is 0 Å². The molecule has 0 bridgehead atoms. The first-order valence-corrected chi connectivity index (χ1v) is 7.76. The molecule has 0 saturated carbocycles. The zero-order chi connectivity index (χ0) is 12.5. The summed E-state index contributed by atoms with van der Waals surface area (Å²) in [5.74, 6) is 0.424. The van der Waals surface area contributed by atoms with E-state index in [2.05, 4.69) is 12.0 Å². The molecule has 96 valence electrons. The zero-order valence-corrected chi connectivity index (χ0v) is 10.8. The highest BCUT2D eigenvalue weighted by Crippen LogP contribution is 2.26. The number of rotatable bonds is 4. The molecule has 1 saturated heterocycles. The summed E-state index contributed by atoms with van der Waals surface area (Å²) >= 11 is 0. The quantitative estimate of drug-likeness (QED) is 0.862. The van der Waals surface area contributed by atoms with Gasteiger partial charge in [0.05, 0.1) is 30.4 Å². The van der Waals surface area contributed by atoms with Gasteiger partial charge in [0.1, 0.15) is 0 Å². The minimum Gasteiger partial charge on any atom is -0.392 e. The molecule has 0 radical (unpaired) electrons. The second-order valence-corrected chi connectivity index (χ2v) is 6.75. The van der Waals surface area contributed by atoms with Crippen molar-refractivity contribution in [3.05, 3.63) is 17.5 Å². The van der Waals surface area contributed by atoms with Gasteiger partial charge in [0.2, 0.25) is 0 Å². The Morgan fingerprint density at radius 3 is 2.88 bits per heavy atom. The van der Waals surface area contributed by atoms with Gasteiger partial charge in [0.25, 0.3) is 0 Å². The van der Waals surface area contributed by atoms with Crippen LogP contribution in [-0.4, -0.2) is 34.8 Å². The molecule has 2 heterocycles. The molecule has 1 atom stereocenters. The topological polar surface area (TPSA) is 72.2 Å². The lowest BCUT2D eigenvalue weighted by atomic mass is 10.1. The molecule has 1 aromatic heterocycles. The maximum Gasteiger partial charge on any atom is 0.152 e. The van der Waals surface area contributed by atoms with Crippen LogP contribution in [0.3, 0.4) is 0 Å². The van der Waals surface area contributed by atoms with Crippen molar-refractivity contribution in [3.8, 4) is 0 Å². The molecule has 0 aliphatic carbocycles. The molecule has 1 aliphatic heterocycles. The monoisotopic (exact) mass is 258 g/mol. The fourth-order valence-electron chi connectivity index (χ4n) is 2.35. The highest BCUT2D eigenvalue weighted by atomic mass is 32.2. The van der Waals surface area contributed by atoms with E-state index in [1.54, 1.807) is 10.9 Å². The molecular weight excluding hydrogens is 240 g/mol. The summed E-state index contributed by atoms with van der Waals surface area (Å²) in [7, 11) is -2.90. The number of aromatic nitrogens is 2. The molecule has 1 aliphatic rings. The molecule has 2 rings (SSSR count). The summed E-state index contributed by atoms with van der Waals surface area (Å²) in [6, 6.07) is -0.0538. The van der Waals surface area contributed by atoms with E-state index in [0.717, 1.165) is 24.1 Å². The third-order valence-electron chi connectivity index (χ3n) is 3.20. The van der Waals surface area contributed by atoms with Gasteiger partial charge in [0, 0.05) is 11.3 Å². The summed E-state index contributed by atoms with van der Waals surface area (Å²) in [6.07, 6.45) is 4.06. The Labute approximate surface area is 101 Å². The lowest BCUT2D eigenvalue weighted by Gasteiger charge is -2.13. The van der Waals surface area contributed by atoms with Crippen LogP contribution < -0.4 is 0 Å². The van der Waals surface area contributed by atoms with E-state index < -0.39 is 9.84 Å². The summed E-state index contributed by atoms with van der Waals surface area (Å²) in [6.45, 7) is 2.03. The maximum atomic E-state index is 11.5. The first kappa shape index (κ1) is 12.6. The van der Waals surface area contributed by atoms with Gasteiger partial charge in [-0.15, -0.1) is 0 Å². The van der Waals surface area contributed by atoms with Gasteiger partial charge >= 0.3 is 0 Å². The van der Waals surface area contributed by atoms with Crippen LogP contribution in [0.2, 0.25) is 0 Å². The summed E-state index contributed by atoms with van der Waals surface area (Å²) < 4.78 is 24.7. The number of aliphatic hydroxyl groups excluding tert-OH is 1. The average Bonchev–Trinajstić information content (AvgIpc) is 2.82. The summed E-state index contributed by atoms with van der Waals surface area (Å²) in [5.41, 5.74) is 1.80. The molecule has 1 fully saturated rings. The van der Waals surface area contributed by atoms with Crippen LogP contribution >= 0.6 is 0 Å². The van der Waals surface area contributed by atoms with Crippen molar-refractivity contribution in [2.75, 3.05) is 11.5 Å². The van der Waals surface area contributed by atoms with Crippen molar-refractivity contribution >= 4 is 9.84 Å². The molecule has 1 N–H and O–H groups in total. The molecular formula is C11H18N2O3S. The molecule has 0 amide bonds. The Hall–Kier alpha value is -0.880. The first-order valence-electron chi connectivity index (χ1n) is 5.94. The summed E-state index contributed by atoms with van der Waals surface area (Å²) in [4.78, 5) is 0. The number of hydrogen-bond donors (Lipinski definition) is 1. The first-order chi connectivity index (χ1) is 8.07. The zero-order valence-electron chi connectivity index (χ0n) is 9.96. The fraction of sp³-hybridized carbons (Fsp3) is 0.727. The third kappa shape index (κ3) is 2.52. The van der Waals surface area contributed by atoms with Crippen molar-refractivity contribution in [1.29, 1.82) is 0 Å². The van der Waals surface area contributed by atoms with Gasteiger partial charge in [-0.25, -0.2) is 8.42 Å². The molecule has 1 unspecified atom stereocenters. The highest BCUT2D eigenvalue weighted by molar-refractivity contribution is 7.91. The number of aliphatic hydroxyl groups is 1.